The van der Waals surface area contributed by atoms with E-state index in [1.165, 1.54) is 24.2 Å². The Hall–Kier alpha value is -2.25. The molecule has 1 fully saturated rings. The Kier molecular flexibility index (Phi) is 5.50. The first-order chi connectivity index (χ1) is 13.2. The number of piperidine rings is 1. The maximum absolute atomic E-state index is 12.5. The summed E-state index contributed by atoms with van der Waals surface area (Å²) in [7, 11) is 0. The molecule has 1 atom stereocenters. The van der Waals surface area contributed by atoms with Crippen molar-refractivity contribution in [3.63, 3.8) is 0 Å². The number of nitrogens with zero attached hydrogens (tertiary/aromatic N) is 3. The molecule has 142 valence electrons. The molecule has 0 spiro atoms. The third kappa shape index (κ3) is 4.54. The normalized spacial score (nSPS) is 20.9. The molecule has 1 saturated heterocycles. The average molecular weight is 385 g/mol. The van der Waals surface area contributed by atoms with Gasteiger partial charge in [-0.05, 0) is 37.4 Å². The highest BCUT2D eigenvalue weighted by atomic mass is 32.1. The predicted octanol–water partition coefficient (Wildman–Crippen LogP) is 3.83. The Labute approximate surface area is 163 Å². The zero-order valence-electron chi connectivity index (χ0n) is 15.4. The minimum Gasteiger partial charge on any atom is -0.387 e. The van der Waals surface area contributed by atoms with Crippen LogP contribution in [0, 0.1) is 5.92 Å². The van der Waals surface area contributed by atoms with Gasteiger partial charge >= 0.3 is 0 Å². The molecule has 1 amide bonds. The van der Waals surface area contributed by atoms with Crippen LogP contribution >= 0.6 is 11.3 Å². The number of benzene rings is 1. The maximum Gasteiger partial charge on any atom is 0.275 e. The number of hydrogen-bond acceptors (Lipinski definition) is 6. The van der Waals surface area contributed by atoms with E-state index < -0.39 is 0 Å². The number of hydrogen-bond donors (Lipinski definition) is 1. The third-order valence-corrected chi connectivity index (χ3v) is 5.94. The van der Waals surface area contributed by atoms with Crippen molar-refractivity contribution in [2.45, 2.75) is 38.8 Å². The fourth-order valence-electron chi connectivity index (χ4n) is 3.41. The summed E-state index contributed by atoms with van der Waals surface area (Å²) in [6.45, 7) is 5.40. The fourth-order valence-corrected chi connectivity index (χ4v) is 4.11. The number of thiazole rings is 1. The molecule has 27 heavy (non-hydrogen) atoms. The molecule has 7 heteroatoms. The van der Waals surface area contributed by atoms with Crippen molar-refractivity contribution >= 4 is 28.1 Å². The number of oxime groups is 1. The summed E-state index contributed by atoms with van der Waals surface area (Å²) >= 11 is 1.46. The van der Waals surface area contributed by atoms with Crippen LogP contribution in [0.2, 0.25) is 0 Å². The summed E-state index contributed by atoms with van der Waals surface area (Å²) in [6, 6.07) is 9.83. The second-order valence-corrected chi connectivity index (χ2v) is 8.16. The van der Waals surface area contributed by atoms with Crippen LogP contribution in [0.15, 0.2) is 40.9 Å². The Morgan fingerprint density at radius 1 is 1.30 bits per heavy atom. The van der Waals surface area contributed by atoms with E-state index in [9.17, 15) is 4.79 Å². The molecule has 6 nitrogen and oxygen atoms in total. The fraction of sp³-hybridized carbons (Fsp3) is 0.450. The Morgan fingerprint density at radius 2 is 2.07 bits per heavy atom. The van der Waals surface area contributed by atoms with Gasteiger partial charge in [-0.25, -0.2) is 4.98 Å². The lowest BCUT2D eigenvalue weighted by Gasteiger charge is -2.29. The number of aromatic nitrogens is 1. The van der Waals surface area contributed by atoms with Gasteiger partial charge < -0.3 is 4.84 Å². The van der Waals surface area contributed by atoms with Gasteiger partial charge in [0.15, 0.2) is 11.2 Å². The first-order valence-electron chi connectivity index (χ1n) is 9.43. The van der Waals surface area contributed by atoms with E-state index in [-0.39, 0.29) is 12.0 Å². The molecule has 1 aromatic carbocycles. The number of nitrogens with one attached hydrogen (secondary N) is 1. The average Bonchev–Trinajstić information content (AvgIpc) is 3.34. The van der Waals surface area contributed by atoms with Gasteiger partial charge in [0.1, 0.15) is 5.71 Å². The molecular formula is C20H24N4O2S. The summed E-state index contributed by atoms with van der Waals surface area (Å²) < 4.78 is 0. The lowest BCUT2D eigenvalue weighted by Crippen LogP contribution is -2.32. The van der Waals surface area contributed by atoms with E-state index >= 15 is 0 Å². The van der Waals surface area contributed by atoms with Crippen molar-refractivity contribution in [3.8, 4) is 0 Å². The van der Waals surface area contributed by atoms with Crippen LogP contribution in [0.4, 0.5) is 5.13 Å². The van der Waals surface area contributed by atoms with Crippen molar-refractivity contribution in [1.29, 1.82) is 0 Å². The molecule has 0 bridgehead atoms. The molecule has 2 aromatic rings. The zero-order chi connectivity index (χ0) is 18.6. The van der Waals surface area contributed by atoms with Crippen molar-refractivity contribution < 1.29 is 9.63 Å². The van der Waals surface area contributed by atoms with Crippen molar-refractivity contribution in [2.75, 3.05) is 18.4 Å². The van der Waals surface area contributed by atoms with Gasteiger partial charge in [-0.1, -0.05) is 42.4 Å². The Balaban J connectivity index is 1.29. The number of carbonyl (C=O) groups excluding carboxylic acids is 1. The monoisotopic (exact) mass is 384 g/mol. The van der Waals surface area contributed by atoms with Gasteiger partial charge in [0, 0.05) is 18.3 Å². The van der Waals surface area contributed by atoms with E-state index in [0.717, 1.165) is 36.8 Å². The molecule has 4 rings (SSSR count). The van der Waals surface area contributed by atoms with Gasteiger partial charge in [0.2, 0.25) is 0 Å². The van der Waals surface area contributed by atoms with Crippen LogP contribution in [0.1, 0.15) is 43.5 Å². The van der Waals surface area contributed by atoms with Crippen molar-refractivity contribution in [2.24, 2.45) is 11.1 Å². The van der Waals surface area contributed by atoms with E-state index in [4.69, 9.17) is 4.84 Å². The van der Waals surface area contributed by atoms with E-state index in [1.54, 1.807) is 0 Å². The minimum atomic E-state index is -0.235. The van der Waals surface area contributed by atoms with Gasteiger partial charge in [0.05, 0.1) is 5.69 Å². The summed E-state index contributed by atoms with van der Waals surface area (Å²) in [6.07, 6.45) is 2.77. The topological polar surface area (TPSA) is 66.8 Å². The number of rotatable bonds is 5. The van der Waals surface area contributed by atoms with E-state index in [1.807, 2.05) is 35.7 Å². The maximum atomic E-state index is 12.5. The Bertz CT molecular complexity index is 812. The first kappa shape index (κ1) is 18.1. The SMILES string of the molecule is CC1CCN(Cc2csc(NC(=O)C3=NOC(c4ccccc4)C3)n2)CC1. The highest BCUT2D eigenvalue weighted by Gasteiger charge is 2.27. The van der Waals surface area contributed by atoms with Crippen molar-refractivity contribution in [1.82, 2.24) is 9.88 Å². The van der Waals surface area contributed by atoms with Crippen LogP contribution < -0.4 is 5.32 Å². The highest BCUT2D eigenvalue weighted by molar-refractivity contribution is 7.14. The molecular weight excluding hydrogens is 360 g/mol. The summed E-state index contributed by atoms with van der Waals surface area (Å²) in [5.74, 6) is 0.585. The zero-order valence-corrected chi connectivity index (χ0v) is 16.2. The largest absolute Gasteiger partial charge is 0.387 e. The quantitative estimate of drug-likeness (QED) is 0.851. The third-order valence-electron chi connectivity index (χ3n) is 5.14. The minimum absolute atomic E-state index is 0.194. The lowest BCUT2D eigenvalue weighted by molar-refractivity contribution is -0.110. The molecule has 3 heterocycles. The molecule has 1 N–H and O–H groups in total. The molecule has 1 unspecified atom stereocenters. The second kappa shape index (κ2) is 8.19. The molecule has 0 aliphatic carbocycles. The molecule has 2 aliphatic heterocycles. The van der Waals surface area contributed by atoms with Gasteiger partial charge in [0.25, 0.3) is 5.91 Å². The first-order valence-corrected chi connectivity index (χ1v) is 10.3. The predicted molar refractivity (Wildman–Crippen MR) is 107 cm³/mol. The van der Waals surface area contributed by atoms with Crippen LogP contribution in [0.5, 0.6) is 0 Å². The lowest BCUT2D eigenvalue weighted by atomic mass is 9.99. The number of likely N-dealkylation sites (tertiary alicyclic amines) is 1. The van der Waals surface area contributed by atoms with Gasteiger partial charge in [-0.2, -0.15) is 0 Å². The van der Waals surface area contributed by atoms with Gasteiger partial charge in [-0.15, -0.1) is 11.3 Å². The van der Waals surface area contributed by atoms with Crippen LogP contribution in [-0.4, -0.2) is 34.6 Å². The standard InChI is InChI=1S/C20H24N4O2S/c1-14-7-9-24(10-8-14)12-16-13-27-20(21-16)22-19(25)17-11-18(26-23-17)15-5-3-2-4-6-15/h2-6,13-14,18H,7-12H2,1H3,(H,21,22,25). The van der Waals surface area contributed by atoms with Crippen LogP contribution in [0.3, 0.4) is 0 Å². The van der Waals surface area contributed by atoms with Crippen LogP contribution in [-0.2, 0) is 16.2 Å². The van der Waals surface area contributed by atoms with E-state index in [0.29, 0.717) is 17.3 Å². The summed E-state index contributed by atoms with van der Waals surface area (Å²) in [4.78, 5) is 24.9. The summed E-state index contributed by atoms with van der Waals surface area (Å²) in [5, 5.41) is 9.47. The smallest absolute Gasteiger partial charge is 0.275 e. The molecule has 1 aromatic heterocycles. The molecule has 2 aliphatic rings. The Morgan fingerprint density at radius 3 is 2.85 bits per heavy atom. The number of carbonyl (C=O) groups is 1. The van der Waals surface area contributed by atoms with Crippen molar-refractivity contribution in [3.05, 3.63) is 47.0 Å². The molecule has 0 saturated carbocycles. The van der Waals surface area contributed by atoms with Crippen LogP contribution in [0.25, 0.3) is 0 Å². The number of amides is 1. The highest BCUT2D eigenvalue weighted by Crippen LogP contribution is 2.27. The molecule has 0 radical (unpaired) electrons. The second-order valence-electron chi connectivity index (χ2n) is 7.30. The van der Waals surface area contributed by atoms with Gasteiger partial charge in [-0.3, -0.25) is 15.0 Å². The summed E-state index contributed by atoms with van der Waals surface area (Å²) in [5.41, 5.74) is 2.44. The number of anilines is 1. The van der Waals surface area contributed by atoms with E-state index in [2.05, 4.69) is 27.3 Å².